The number of unbranched alkanes of at least 4 members (excludes halogenated alkanes) is 1. The molecule has 0 aliphatic carbocycles. The molecule has 0 atom stereocenters. The van der Waals surface area contributed by atoms with Gasteiger partial charge < -0.3 is 19.0 Å². The third-order valence-electron chi connectivity index (χ3n) is 4.93. The van der Waals surface area contributed by atoms with Crippen LogP contribution in [0.1, 0.15) is 28.9 Å². The van der Waals surface area contributed by atoms with Crippen molar-refractivity contribution in [2.24, 2.45) is 0 Å². The SMILES string of the molecule is Cc1noc2nc(-c3ccco3)cc(C(=O)NCCCCN3CCOCC3)c12. The average Bonchev–Trinajstić information content (AvgIpc) is 3.38. The molecule has 8 heteroatoms. The summed E-state index contributed by atoms with van der Waals surface area (Å²) in [6.07, 6.45) is 3.53. The lowest BCUT2D eigenvalue weighted by molar-refractivity contribution is 0.0372. The van der Waals surface area contributed by atoms with Gasteiger partial charge in [-0.3, -0.25) is 9.69 Å². The first-order valence-electron chi connectivity index (χ1n) is 9.61. The van der Waals surface area contributed by atoms with E-state index in [2.05, 4.69) is 20.4 Å². The summed E-state index contributed by atoms with van der Waals surface area (Å²) in [5.41, 5.74) is 2.03. The zero-order valence-corrected chi connectivity index (χ0v) is 15.9. The number of rotatable bonds is 7. The number of carbonyl (C=O) groups is 1. The van der Waals surface area contributed by atoms with Gasteiger partial charge in [-0.2, -0.15) is 0 Å². The number of aromatic nitrogens is 2. The first kappa shape index (κ1) is 18.6. The monoisotopic (exact) mass is 384 g/mol. The molecular weight excluding hydrogens is 360 g/mol. The smallest absolute Gasteiger partial charge is 0.259 e. The topological polar surface area (TPSA) is 93.6 Å². The van der Waals surface area contributed by atoms with Crippen molar-refractivity contribution >= 4 is 17.0 Å². The van der Waals surface area contributed by atoms with E-state index in [-0.39, 0.29) is 5.91 Å². The highest BCUT2D eigenvalue weighted by Crippen LogP contribution is 2.27. The Hall–Kier alpha value is -2.71. The Balaban J connectivity index is 1.41. The van der Waals surface area contributed by atoms with Gasteiger partial charge in [0.2, 0.25) is 0 Å². The first-order valence-corrected chi connectivity index (χ1v) is 9.61. The molecule has 0 aromatic carbocycles. The molecule has 0 saturated carbocycles. The number of aryl methyl sites for hydroxylation is 1. The highest BCUT2D eigenvalue weighted by atomic mass is 16.5. The quantitative estimate of drug-likeness (QED) is 0.626. The lowest BCUT2D eigenvalue weighted by Gasteiger charge is -2.26. The third-order valence-corrected chi connectivity index (χ3v) is 4.93. The standard InChI is InChI=1S/C20H24N4O4/c1-14-18-15(13-16(17-5-4-10-27-17)22-20(18)28-23-14)19(25)21-6-2-3-7-24-8-11-26-12-9-24/h4-5,10,13H,2-3,6-9,11-12H2,1H3,(H,21,25). The van der Waals surface area contributed by atoms with Gasteiger partial charge in [-0.1, -0.05) is 5.16 Å². The van der Waals surface area contributed by atoms with Gasteiger partial charge in [0.1, 0.15) is 5.69 Å². The number of ether oxygens (including phenoxy) is 1. The van der Waals surface area contributed by atoms with Crippen molar-refractivity contribution in [2.75, 3.05) is 39.4 Å². The summed E-state index contributed by atoms with van der Waals surface area (Å²) in [5, 5.41) is 7.61. The molecule has 148 valence electrons. The molecule has 28 heavy (non-hydrogen) atoms. The third kappa shape index (κ3) is 4.07. The average molecular weight is 384 g/mol. The molecule has 3 aromatic rings. The molecule has 4 heterocycles. The zero-order valence-electron chi connectivity index (χ0n) is 15.9. The second kappa shape index (κ2) is 8.53. The highest BCUT2D eigenvalue weighted by molar-refractivity contribution is 6.06. The van der Waals surface area contributed by atoms with Crippen LogP contribution in [0.4, 0.5) is 0 Å². The molecule has 0 spiro atoms. The van der Waals surface area contributed by atoms with Gasteiger partial charge in [0.15, 0.2) is 5.76 Å². The van der Waals surface area contributed by atoms with Gasteiger partial charge in [0.25, 0.3) is 11.6 Å². The largest absolute Gasteiger partial charge is 0.463 e. The fourth-order valence-corrected chi connectivity index (χ4v) is 3.41. The summed E-state index contributed by atoms with van der Waals surface area (Å²) < 4.78 is 16.1. The fraction of sp³-hybridized carbons (Fsp3) is 0.450. The lowest BCUT2D eigenvalue weighted by Crippen LogP contribution is -2.37. The maximum atomic E-state index is 12.8. The van der Waals surface area contributed by atoms with E-state index in [1.54, 1.807) is 31.4 Å². The van der Waals surface area contributed by atoms with Crippen LogP contribution in [0.2, 0.25) is 0 Å². The molecule has 0 radical (unpaired) electrons. The highest BCUT2D eigenvalue weighted by Gasteiger charge is 2.20. The van der Waals surface area contributed by atoms with Crippen molar-refractivity contribution in [2.45, 2.75) is 19.8 Å². The van der Waals surface area contributed by atoms with Crippen molar-refractivity contribution < 1.29 is 18.5 Å². The van der Waals surface area contributed by atoms with Crippen LogP contribution in [0.15, 0.2) is 33.4 Å². The Bertz CT molecular complexity index is 929. The van der Waals surface area contributed by atoms with Gasteiger partial charge in [0.05, 0.1) is 36.1 Å². The Kier molecular flexibility index (Phi) is 5.68. The lowest BCUT2D eigenvalue weighted by atomic mass is 10.1. The van der Waals surface area contributed by atoms with Gasteiger partial charge in [0, 0.05) is 19.6 Å². The Labute approximate surface area is 162 Å². The van der Waals surface area contributed by atoms with E-state index in [1.165, 1.54) is 0 Å². The molecule has 1 aliphatic heterocycles. The number of hydrogen-bond donors (Lipinski definition) is 1. The molecule has 1 amide bonds. The minimum atomic E-state index is -0.155. The summed E-state index contributed by atoms with van der Waals surface area (Å²) in [4.78, 5) is 19.7. The van der Waals surface area contributed by atoms with E-state index in [0.29, 0.717) is 40.4 Å². The van der Waals surface area contributed by atoms with Crippen LogP contribution >= 0.6 is 0 Å². The number of pyridine rings is 1. The molecule has 1 aliphatic rings. The maximum Gasteiger partial charge on any atom is 0.259 e. The zero-order chi connectivity index (χ0) is 19.3. The first-order chi connectivity index (χ1) is 13.7. The van der Waals surface area contributed by atoms with Crippen LogP contribution in [-0.2, 0) is 4.74 Å². The molecule has 8 nitrogen and oxygen atoms in total. The van der Waals surface area contributed by atoms with Crippen molar-refractivity contribution in [1.29, 1.82) is 0 Å². The summed E-state index contributed by atoms with van der Waals surface area (Å²) >= 11 is 0. The van der Waals surface area contributed by atoms with E-state index >= 15 is 0 Å². The summed E-state index contributed by atoms with van der Waals surface area (Å²) in [6, 6.07) is 5.31. The number of morpholine rings is 1. The number of nitrogens with zero attached hydrogens (tertiary/aromatic N) is 3. The second-order valence-corrected chi connectivity index (χ2v) is 6.90. The van der Waals surface area contributed by atoms with E-state index in [1.807, 2.05) is 0 Å². The van der Waals surface area contributed by atoms with Crippen molar-refractivity contribution in [1.82, 2.24) is 20.4 Å². The second-order valence-electron chi connectivity index (χ2n) is 6.90. The van der Waals surface area contributed by atoms with Crippen LogP contribution in [0.3, 0.4) is 0 Å². The Morgan fingerprint density at radius 1 is 1.29 bits per heavy atom. The fourth-order valence-electron chi connectivity index (χ4n) is 3.41. The van der Waals surface area contributed by atoms with E-state index in [9.17, 15) is 4.79 Å². The predicted octanol–water partition coefficient (Wildman–Crippen LogP) is 2.63. The minimum absolute atomic E-state index is 0.155. The molecular formula is C20H24N4O4. The van der Waals surface area contributed by atoms with Crippen LogP contribution in [0.5, 0.6) is 0 Å². The maximum absolute atomic E-state index is 12.8. The Morgan fingerprint density at radius 2 is 2.14 bits per heavy atom. The van der Waals surface area contributed by atoms with Gasteiger partial charge in [-0.05, 0) is 44.5 Å². The number of fused-ring (bicyclic) bond motifs is 1. The number of nitrogens with one attached hydrogen (secondary N) is 1. The van der Waals surface area contributed by atoms with E-state index in [0.717, 1.165) is 45.7 Å². The number of amides is 1. The summed E-state index contributed by atoms with van der Waals surface area (Å²) in [5.74, 6) is 0.424. The molecule has 1 N–H and O–H groups in total. The van der Waals surface area contributed by atoms with Crippen LogP contribution in [0.25, 0.3) is 22.6 Å². The summed E-state index contributed by atoms with van der Waals surface area (Å²) in [7, 11) is 0. The van der Waals surface area contributed by atoms with E-state index < -0.39 is 0 Å². The molecule has 4 rings (SSSR count). The molecule has 0 bridgehead atoms. The van der Waals surface area contributed by atoms with Crippen molar-refractivity contribution in [3.8, 4) is 11.5 Å². The predicted molar refractivity (Wildman–Crippen MR) is 103 cm³/mol. The number of carbonyl (C=O) groups excluding carboxylic acids is 1. The molecule has 1 fully saturated rings. The molecule has 3 aromatic heterocycles. The van der Waals surface area contributed by atoms with Crippen LogP contribution in [-0.4, -0.2) is 60.3 Å². The number of hydrogen-bond acceptors (Lipinski definition) is 7. The summed E-state index contributed by atoms with van der Waals surface area (Å²) in [6.45, 7) is 7.06. The van der Waals surface area contributed by atoms with Gasteiger partial charge in [-0.25, -0.2) is 4.98 Å². The normalized spacial score (nSPS) is 15.2. The number of furan rings is 1. The van der Waals surface area contributed by atoms with Crippen LogP contribution < -0.4 is 5.32 Å². The Morgan fingerprint density at radius 3 is 2.93 bits per heavy atom. The van der Waals surface area contributed by atoms with Gasteiger partial charge >= 0.3 is 0 Å². The van der Waals surface area contributed by atoms with E-state index in [4.69, 9.17) is 13.7 Å². The van der Waals surface area contributed by atoms with Crippen molar-refractivity contribution in [3.05, 3.63) is 35.7 Å². The minimum Gasteiger partial charge on any atom is -0.463 e. The van der Waals surface area contributed by atoms with Gasteiger partial charge in [-0.15, -0.1) is 0 Å². The molecule has 0 unspecified atom stereocenters. The molecule has 1 saturated heterocycles. The van der Waals surface area contributed by atoms with Crippen LogP contribution in [0, 0.1) is 6.92 Å². The van der Waals surface area contributed by atoms with Crippen molar-refractivity contribution in [3.63, 3.8) is 0 Å².